The minimum absolute atomic E-state index is 0.137. The number of hydrogen-bond acceptors (Lipinski definition) is 3. The molecule has 0 radical (unpaired) electrons. The SMILES string of the molecule is Fc1ccccc1-c1nc(-c2ccc3c(c2)C(c2ccccc2)(c2ccccc2)c2ccccc2-3)nc(-c2ccccc2F)n1. The van der Waals surface area contributed by atoms with Crippen molar-refractivity contribution in [3.63, 3.8) is 0 Å². The van der Waals surface area contributed by atoms with E-state index in [2.05, 4.69) is 89.9 Å². The van der Waals surface area contributed by atoms with E-state index in [0.717, 1.165) is 33.4 Å². The minimum atomic E-state index is -0.611. The zero-order valence-electron chi connectivity index (χ0n) is 24.0. The van der Waals surface area contributed by atoms with Crippen molar-refractivity contribution in [2.24, 2.45) is 0 Å². The molecule has 0 N–H and O–H groups in total. The molecule has 0 bridgehead atoms. The quantitative estimate of drug-likeness (QED) is 0.202. The summed E-state index contributed by atoms with van der Waals surface area (Å²) in [4.78, 5) is 14.1. The van der Waals surface area contributed by atoms with Crippen LogP contribution in [-0.2, 0) is 5.41 Å². The number of rotatable bonds is 5. The highest BCUT2D eigenvalue weighted by atomic mass is 19.1. The first kappa shape index (κ1) is 26.8. The average Bonchev–Trinajstić information content (AvgIpc) is 3.40. The summed E-state index contributed by atoms with van der Waals surface area (Å²) in [6.07, 6.45) is 0. The molecule has 6 aromatic carbocycles. The maximum Gasteiger partial charge on any atom is 0.167 e. The van der Waals surface area contributed by atoms with Crippen molar-refractivity contribution in [2.75, 3.05) is 0 Å². The zero-order valence-corrected chi connectivity index (χ0v) is 24.0. The Morgan fingerprint density at radius 1 is 0.378 bits per heavy atom. The van der Waals surface area contributed by atoms with Crippen LogP contribution in [0.3, 0.4) is 0 Å². The highest BCUT2D eigenvalue weighted by Crippen LogP contribution is 2.56. The third-order valence-electron chi connectivity index (χ3n) is 8.58. The summed E-state index contributed by atoms with van der Waals surface area (Å²) >= 11 is 0. The van der Waals surface area contributed by atoms with Gasteiger partial charge >= 0.3 is 0 Å². The molecule has 0 aliphatic heterocycles. The lowest BCUT2D eigenvalue weighted by molar-refractivity contribution is 0.628. The highest BCUT2D eigenvalue weighted by Gasteiger charge is 2.46. The molecule has 0 saturated carbocycles. The molecule has 1 heterocycles. The molecule has 3 nitrogen and oxygen atoms in total. The van der Waals surface area contributed by atoms with Crippen molar-refractivity contribution in [3.8, 4) is 45.3 Å². The molecule has 8 rings (SSSR count). The van der Waals surface area contributed by atoms with Gasteiger partial charge in [0.05, 0.1) is 16.5 Å². The van der Waals surface area contributed by atoms with Gasteiger partial charge in [0.2, 0.25) is 0 Å². The molecule has 1 aliphatic rings. The predicted molar refractivity (Wildman–Crippen MR) is 173 cm³/mol. The van der Waals surface area contributed by atoms with Crippen LogP contribution in [0, 0.1) is 11.6 Å². The number of nitrogens with zero attached hydrogens (tertiary/aromatic N) is 3. The molecule has 0 amide bonds. The van der Waals surface area contributed by atoms with Gasteiger partial charge in [-0.1, -0.05) is 121 Å². The zero-order chi connectivity index (χ0) is 30.4. The van der Waals surface area contributed by atoms with Crippen molar-refractivity contribution < 1.29 is 8.78 Å². The molecule has 0 unspecified atom stereocenters. The summed E-state index contributed by atoms with van der Waals surface area (Å²) in [5.41, 5.74) is 7.34. The Morgan fingerprint density at radius 3 is 1.38 bits per heavy atom. The minimum Gasteiger partial charge on any atom is -0.208 e. The summed E-state index contributed by atoms with van der Waals surface area (Å²) in [7, 11) is 0. The molecule has 1 aromatic heterocycles. The largest absolute Gasteiger partial charge is 0.208 e. The van der Waals surface area contributed by atoms with Crippen LogP contribution >= 0.6 is 0 Å². The summed E-state index contributed by atoms with van der Waals surface area (Å²) < 4.78 is 30.1. The fourth-order valence-corrected chi connectivity index (χ4v) is 6.61. The maximum absolute atomic E-state index is 15.1. The Balaban J connectivity index is 1.42. The second-order valence-corrected chi connectivity index (χ2v) is 11.1. The Labute approximate surface area is 259 Å². The third kappa shape index (κ3) is 4.27. The van der Waals surface area contributed by atoms with Crippen LogP contribution in [-0.4, -0.2) is 15.0 Å². The fourth-order valence-electron chi connectivity index (χ4n) is 6.61. The van der Waals surface area contributed by atoms with E-state index in [9.17, 15) is 0 Å². The van der Waals surface area contributed by atoms with Gasteiger partial charge in [-0.05, 0) is 63.7 Å². The highest BCUT2D eigenvalue weighted by molar-refractivity contribution is 5.88. The molecule has 0 spiro atoms. The Kier molecular flexibility index (Phi) is 6.38. The van der Waals surface area contributed by atoms with E-state index in [1.807, 2.05) is 18.2 Å². The van der Waals surface area contributed by atoms with Crippen LogP contribution in [0.2, 0.25) is 0 Å². The van der Waals surface area contributed by atoms with Gasteiger partial charge in [-0.2, -0.15) is 0 Å². The number of fused-ring (bicyclic) bond motifs is 3. The molecule has 1 aliphatic carbocycles. The predicted octanol–water partition coefficient (Wildman–Crippen LogP) is 9.51. The summed E-state index contributed by atoms with van der Waals surface area (Å²) in [6.45, 7) is 0. The maximum atomic E-state index is 15.1. The lowest BCUT2D eigenvalue weighted by atomic mass is 9.67. The topological polar surface area (TPSA) is 38.7 Å². The Hall–Kier alpha value is -5.81. The number of halogens is 2. The van der Waals surface area contributed by atoms with E-state index in [1.54, 1.807) is 36.4 Å². The van der Waals surface area contributed by atoms with E-state index in [1.165, 1.54) is 17.7 Å². The van der Waals surface area contributed by atoms with Crippen LogP contribution < -0.4 is 0 Å². The van der Waals surface area contributed by atoms with Gasteiger partial charge in [0.25, 0.3) is 0 Å². The lowest BCUT2D eigenvalue weighted by Gasteiger charge is -2.34. The molecule has 45 heavy (non-hydrogen) atoms. The summed E-state index contributed by atoms with van der Waals surface area (Å²) in [5, 5.41) is 0. The van der Waals surface area contributed by atoms with Crippen molar-refractivity contribution in [1.29, 1.82) is 0 Å². The van der Waals surface area contributed by atoms with Crippen LogP contribution in [0.1, 0.15) is 22.3 Å². The first-order valence-electron chi connectivity index (χ1n) is 14.8. The molecule has 0 saturated heterocycles. The fraction of sp³-hybridized carbons (Fsp3) is 0.0250. The van der Waals surface area contributed by atoms with E-state index >= 15 is 8.78 Å². The summed E-state index contributed by atoms with van der Waals surface area (Å²) in [5.74, 6) is -0.332. The molecular weight excluding hydrogens is 560 g/mol. The normalized spacial score (nSPS) is 12.8. The van der Waals surface area contributed by atoms with E-state index in [-0.39, 0.29) is 22.8 Å². The van der Waals surface area contributed by atoms with Gasteiger partial charge in [-0.25, -0.2) is 23.7 Å². The smallest absolute Gasteiger partial charge is 0.167 e. The van der Waals surface area contributed by atoms with Crippen molar-refractivity contribution in [1.82, 2.24) is 15.0 Å². The molecular formula is C40H25F2N3. The second-order valence-electron chi connectivity index (χ2n) is 11.1. The Morgan fingerprint density at radius 2 is 0.822 bits per heavy atom. The van der Waals surface area contributed by atoms with Crippen molar-refractivity contribution in [3.05, 3.63) is 186 Å². The van der Waals surface area contributed by atoms with Crippen molar-refractivity contribution in [2.45, 2.75) is 5.41 Å². The molecule has 214 valence electrons. The van der Waals surface area contributed by atoms with Gasteiger partial charge in [0.1, 0.15) is 11.6 Å². The number of benzene rings is 6. The molecule has 0 atom stereocenters. The Bertz CT molecular complexity index is 2090. The standard InChI is InChI=1S/C40H25F2N3/c41-35-21-11-8-18-31(35)38-43-37(44-39(45-38)32-19-9-12-22-36(32)42)26-23-24-30-29-17-7-10-20-33(29)40(34(30)25-26,27-13-3-1-4-14-27)28-15-5-2-6-16-28/h1-25H. The number of aromatic nitrogens is 3. The van der Waals surface area contributed by atoms with Crippen LogP contribution in [0.5, 0.6) is 0 Å². The number of hydrogen-bond donors (Lipinski definition) is 0. The summed E-state index contributed by atoms with van der Waals surface area (Å²) in [6, 6.07) is 48.4. The first-order chi connectivity index (χ1) is 22.1. The molecule has 5 heteroatoms. The van der Waals surface area contributed by atoms with Gasteiger partial charge in [0, 0.05) is 5.56 Å². The second kappa shape index (κ2) is 10.7. The van der Waals surface area contributed by atoms with Gasteiger partial charge in [-0.15, -0.1) is 0 Å². The van der Waals surface area contributed by atoms with Crippen LogP contribution in [0.15, 0.2) is 152 Å². The molecule has 0 fully saturated rings. The first-order valence-corrected chi connectivity index (χ1v) is 14.8. The van der Waals surface area contributed by atoms with Gasteiger partial charge < -0.3 is 0 Å². The van der Waals surface area contributed by atoms with Crippen molar-refractivity contribution >= 4 is 0 Å². The van der Waals surface area contributed by atoms with Crippen LogP contribution in [0.4, 0.5) is 8.78 Å². The lowest BCUT2D eigenvalue weighted by Crippen LogP contribution is -2.28. The van der Waals surface area contributed by atoms with E-state index < -0.39 is 17.0 Å². The van der Waals surface area contributed by atoms with E-state index in [4.69, 9.17) is 9.97 Å². The molecule has 7 aromatic rings. The third-order valence-corrected chi connectivity index (χ3v) is 8.58. The van der Waals surface area contributed by atoms with Gasteiger partial charge in [-0.3, -0.25) is 0 Å². The van der Waals surface area contributed by atoms with Gasteiger partial charge in [0.15, 0.2) is 17.5 Å². The monoisotopic (exact) mass is 585 g/mol. The average molecular weight is 586 g/mol. The van der Waals surface area contributed by atoms with Crippen LogP contribution in [0.25, 0.3) is 45.3 Å². The van der Waals surface area contributed by atoms with E-state index in [0.29, 0.717) is 5.82 Å².